The predicted octanol–water partition coefficient (Wildman–Crippen LogP) is 3.10. The molecule has 0 bridgehead atoms. The lowest BCUT2D eigenvalue weighted by Crippen LogP contribution is -2.03. The van der Waals surface area contributed by atoms with Crippen molar-refractivity contribution in [2.45, 2.75) is 13.8 Å². The molecule has 1 aromatic heterocycles. The third kappa shape index (κ3) is 1.81. The molecular weight excluding hydrogens is 248 g/mol. The van der Waals surface area contributed by atoms with Crippen LogP contribution in [-0.4, -0.2) is 9.55 Å². The van der Waals surface area contributed by atoms with Crippen molar-refractivity contribution >= 4 is 17.0 Å². The molecular formula is C16H14N4. The Labute approximate surface area is 117 Å². The molecule has 1 heterocycles. The molecule has 3 rings (SSSR count). The SMILES string of the molecule is Cc1ccc2nc(N)n(-c3cc(C#N)ccc3C)c2c1. The largest absolute Gasteiger partial charge is 0.369 e. The van der Waals surface area contributed by atoms with E-state index >= 15 is 0 Å². The Morgan fingerprint density at radius 3 is 2.70 bits per heavy atom. The number of fused-ring (bicyclic) bond motifs is 1. The molecule has 4 nitrogen and oxygen atoms in total. The minimum atomic E-state index is 0.434. The van der Waals surface area contributed by atoms with E-state index in [-0.39, 0.29) is 0 Å². The Bertz CT molecular complexity index is 853. The molecule has 98 valence electrons. The summed E-state index contributed by atoms with van der Waals surface area (Å²) in [4.78, 5) is 4.39. The fourth-order valence-corrected chi connectivity index (χ4v) is 2.38. The molecule has 20 heavy (non-hydrogen) atoms. The normalized spacial score (nSPS) is 10.7. The van der Waals surface area contributed by atoms with Gasteiger partial charge in [0.25, 0.3) is 0 Å². The van der Waals surface area contributed by atoms with Gasteiger partial charge in [-0.1, -0.05) is 12.1 Å². The Morgan fingerprint density at radius 1 is 1.15 bits per heavy atom. The Hall–Kier alpha value is -2.80. The standard InChI is InChI=1S/C16H14N4/c1-10-3-6-13-15(7-10)20(16(18)19-13)14-8-12(9-17)5-4-11(14)2/h3-8H,1-2H3,(H2,18,19). The summed E-state index contributed by atoms with van der Waals surface area (Å²) in [5.41, 5.74) is 11.6. The Balaban J connectivity index is 2.37. The van der Waals surface area contributed by atoms with E-state index in [1.165, 1.54) is 0 Å². The van der Waals surface area contributed by atoms with Crippen molar-refractivity contribution in [3.63, 3.8) is 0 Å². The molecule has 0 fully saturated rings. The van der Waals surface area contributed by atoms with Gasteiger partial charge < -0.3 is 5.73 Å². The van der Waals surface area contributed by atoms with Gasteiger partial charge in [0.1, 0.15) is 0 Å². The number of nitriles is 1. The summed E-state index contributed by atoms with van der Waals surface area (Å²) in [5, 5.41) is 9.07. The number of hydrogen-bond acceptors (Lipinski definition) is 3. The van der Waals surface area contributed by atoms with Gasteiger partial charge in [-0.05, 0) is 49.2 Å². The molecule has 0 aliphatic rings. The molecule has 2 aromatic carbocycles. The van der Waals surface area contributed by atoms with Gasteiger partial charge >= 0.3 is 0 Å². The summed E-state index contributed by atoms with van der Waals surface area (Å²) in [7, 11) is 0. The summed E-state index contributed by atoms with van der Waals surface area (Å²) >= 11 is 0. The highest BCUT2D eigenvalue weighted by molar-refractivity contribution is 5.82. The first-order valence-corrected chi connectivity index (χ1v) is 6.36. The molecule has 0 radical (unpaired) electrons. The van der Waals surface area contributed by atoms with Crippen molar-refractivity contribution < 1.29 is 0 Å². The zero-order chi connectivity index (χ0) is 14.3. The molecule has 0 amide bonds. The van der Waals surface area contributed by atoms with E-state index in [0.717, 1.165) is 27.8 Å². The summed E-state index contributed by atoms with van der Waals surface area (Å²) in [6.07, 6.45) is 0. The first kappa shape index (κ1) is 12.2. The third-order valence-corrected chi connectivity index (χ3v) is 3.42. The van der Waals surface area contributed by atoms with E-state index in [9.17, 15) is 0 Å². The predicted molar refractivity (Wildman–Crippen MR) is 79.7 cm³/mol. The van der Waals surface area contributed by atoms with Crippen LogP contribution in [0.15, 0.2) is 36.4 Å². The highest BCUT2D eigenvalue weighted by Gasteiger charge is 2.12. The second-order valence-corrected chi connectivity index (χ2v) is 4.91. The van der Waals surface area contributed by atoms with Crippen molar-refractivity contribution in [2.75, 3.05) is 5.73 Å². The fraction of sp³-hybridized carbons (Fsp3) is 0.125. The highest BCUT2D eigenvalue weighted by Crippen LogP contribution is 2.26. The van der Waals surface area contributed by atoms with Crippen LogP contribution in [0.2, 0.25) is 0 Å². The molecule has 0 saturated carbocycles. The number of nitrogens with two attached hydrogens (primary N) is 1. The average Bonchev–Trinajstić information content (AvgIpc) is 2.75. The van der Waals surface area contributed by atoms with Crippen molar-refractivity contribution in [3.8, 4) is 11.8 Å². The molecule has 0 atom stereocenters. The van der Waals surface area contributed by atoms with Crippen LogP contribution in [-0.2, 0) is 0 Å². The number of nitrogens with zero attached hydrogens (tertiary/aromatic N) is 3. The van der Waals surface area contributed by atoms with Crippen LogP contribution in [0.5, 0.6) is 0 Å². The van der Waals surface area contributed by atoms with Crippen LogP contribution in [0, 0.1) is 25.2 Å². The van der Waals surface area contributed by atoms with Crippen molar-refractivity contribution in [3.05, 3.63) is 53.1 Å². The number of imidazole rings is 1. The van der Waals surface area contributed by atoms with Gasteiger partial charge in [0.05, 0.1) is 28.4 Å². The molecule has 0 spiro atoms. The van der Waals surface area contributed by atoms with E-state index < -0.39 is 0 Å². The highest BCUT2D eigenvalue weighted by atomic mass is 15.2. The maximum atomic E-state index is 9.07. The lowest BCUT2D eigenvalue weighted by atomic mass is 10.1. The maximum Gasteiger partial charge on any atom is 0.205 e. The topological polar surface area (TPSA) is 67.6 Å². The van der Waals surface area contributed by atoms with E-state index in [2.05, 4.69) is 17.1 Å². The molecule has 0 aliphatic heterocycles. The third-order valence-electron chi connectivity index (χ3n) is 3.42. The zero-order valence-electron chi connectivity index (χ0n) is 11.4. The molecule has 3 aromatic rings. The smallest absolute Gasteiger partial charge is 0.205 e. The number of hydrogen-bond donors (Lipinski definition) is 1. The van der Waals surface area contributed by atoms with Gasteiger partial charge in [-0.3, -0.25) is 4.57 Å². The van der Waals surface area contributed by atoms with Crippen LogP contribution < -0.4 is 5.73 Å². The Kier molecular flexibility index (Phi) is 2.69. The van der Waals surface area contributed by atoms with Crippen molar-refractivity contribution in [2.24, 2.45) is 0 Å². The Morgan fingerprint density at radius 2 is 1.95 bits per heavy atom. The molecule has 2 N–H and O–H groups in total. The van der Waals surface area contributed by atoms with E-state index in [0.29, 0.717) is 11.5 Å². The number of aryl methyl sites for hydroxylation is 2. The van der Waals surface area contributed by atoms with Gasteiger partial charge in [0.2, 0.25) is 5.95 Å². The molecule has 0 saturated heterocycles. The van der Waals surface area contributed by atoms with E-state index in [1.54, 1.807) is 6.07 Å². The lowest BCUT2D eigenvalue weighted by Gasteiger charge is -2.10. The maximum absolute atomic E-state index is 9.07. The number of benzene rings is 2. The minimum absolute atomic E-state index is 0.434. The van der Waals surface area contributed by atoms with E-state index in [4.69, 9.17) is 11.0 Å². The number of rotatable bonds is 1. The fourth-order valence-electron chi connectivity index (χ4n) is 2.38. The van der Waals surface area contributed by atoms with Gasteiger partial charge in [0, 0.05) is 0 Å². The van der Waals surface area contributed by atoms with Gasteiger partial charge in [-0.25, -0.2) is 4.98 Å². The molecule has 0 unspecified atom stereocenters. The zero-order valence-corrected chi connectivity index (χ0v) is 11.4. The monoisotopic (exact) mass is 262 g/mol. The average molecular weight is 262 g/mol. The number of anilines is 1. The summed E-state index contributed by atoms with van der Waals surface area (Å²) < 4.78 is 1.90. The van der Waals surface area contributed by atoms with Crippen LogP contribution >= 0.6 is 0 Å². The van der Waals surface area contributed by atoms with Crippen LogP contribution in [0.25, 0.3) is 16.7 Å². The first-order chi connectivity index (χ1) is 9.60. The minimum Gasteiger partial charge on any atom is -0.369 e. The summed E-state index contributed by atoms with van der Waals surface area (Å²) in [6, 6.07) is 13.8. The van der Waals surface area contributed by atoms with Crippen molar-refractivity contribution in [1.29, 1.82) is 5.26 Å². The number of aromatic nitrogens is 2. The molecule has 0 aliphatic carbocycles. The van der Waals surface area contributed by atoms with Gasteiger partial charge in [-0.15, -0.1) is 0 Å². The van der Waals surface area contributed by atoms with E-state index in [1.807, 2.05) is 42.7 Å². The second kappa shape index (κ2) is 4.39. The van der Waals surface area contributed by atoms with Crippen LogP contribution in [0.1, 0.15) is 16.7 Å². The van der Waals surface area contributed by atoms with Gasteiger partial charge in [-0.2, -0.15) is 5.26 Å². The first-order valence-electron chi connectivity index (χ1n) is 6.36. The number of nitrogen functional groups attached to an aromatic ring is 1. The second-order valence-electron chi connectivity index (χ2n) is 4.91. The quantitative estimate of drug-likeness (QED) is 0.732. The van der Waals surface area contributed by atoms with Crippen LogP contribution in [0.4, 0.5) is 5.95 Å². The summed E-state index contributed by atoms with van der Waals surface area (Å²) in [5.74, 6) is 0.434. The summed E-state index contributed by atoms with van der Waals surface area (Å²) in [6.45, 7) is 4.03. The van der Waals surface area contributed by atoms with Crippen LogP contribution in [0.3, 0.4) is 0 Å². The molecule has 4 heteroatoms. The lowest BCUT2D eigenvalue weighted by molar-refractivity contribution is 1.09. The van der Waals surface area contributed by atoms with Gasteiger partial charge in [0.15, 0.2) is 0 Å². The van der Waals surface area contributed by atoms with Crippen molar-refractivity contribution in [1.82, 2.24) is 9.55 Å².